The Morgan fingerprint density at radius 2 is 2.13 bits per heavy atom. The molecule has 0 aromatic rings. The fourth-order valence-electron chi connectivity index (χ4n) is 1.52. The van der Waals surface area contributed by atoms with E-state index < -0.39 is 0 Å². The van der Waals surface area contributed by atoms with Crippen LogP contribution < -0.4 is 5.73 Å². The summed E-state index contributed by atoms with van der Waals surface area (Å²) in [7, 11) is 1.71. The first-order valence-electron chi connectivity index (χ1n) is 5.75. The zero-order valence-electron chi connectivity index (χ0n) is 10.3. The molecule has 0 aromatic carbocycles. The van der Waals surface area contributed by atoms with E-state index >= 15 is 0 Å². The summed E-state index contributed by atoms with van der Waals surface area (Å²) in [5.41, 5.74) is 5.91. The Morgan fingerprint density at radius 1 is 1.47 bits per heavy atom. The summed E-state index contributed by atoms with van der Waals surface area (Å²) >= 11 is 0. The molecule has 2 unspecified atom stereocenters. The zero-order valence-corrected chi connectivity index (χ0v) is 10.3. The van der Waals surface area contributed by atoms with Crippen LogP contribution in [0.1, 0.15) is 26.7 Å². The van der Waals surface area contributed by atoms with Crippen LogP contribution in [-0.2, 0) is 4.74 Å². The molecule has 0 heterocycles. The van der Waals surface area contributed by atoms with E-state index in [-0.39, 0.29) is 12.6 Å². The molecule has 15 heavy (non-hydrogen) atoms. The minimum absolute atomic E-state index is 0.0563. The van der Waals surface area contributed by atoms with Crippen molar-refractivity contribution < 1.29 is 9.84 Å². The number of methoxy groups -OCH3 is 1. The molecule has 0 rings (SSSR count). The number of hydrogen-bond donors (Lipinski definition) is 2. The highest BCUT2D eigenvalue weighted by Gasteiger charge is 2.14. The van der Waals surface area contributed by atoms with Gasteiger partial charge in [0.15, 0.2) is 0 Å². The molecule has 0 bridgehead atoms. The Kier molecular flexibility index (Phi) is 9.00. The van der Waals surface area contributed by atoms with Crippen LogP contribution in [0.2, 0.25) is 0 Å². The molecule has 0 fully saturated rings. The van der Waals surface area contributed by atoms with Gasteiger partial charge in [-0.25, -0.2) is 0 Å². The van der Waals surface area contributed by atoms with Crippen LogP contribution in [0.25, 0.3) is 0 Å². The molecule has 0 radical (unpaired) electrons. The summed E-state index contributed by atoms with van der Waals surface area (Å²) in [6, 6.07) is 0.575. The van der Waals surface area contributed by atoms with E-state index in [4.69, 9.17) is 15.6 Å². The van der Waals surface area contributed by atoms with Crippen molar-refractivity contribution in [1.29, 1.82) is 0 Å². The number of aliphatic hydroxyl groups is 1. The fourth-order valence-corrected chi connectivity index (χ4v) is 1.52. The average molecular weight is 218 g/mol. The van der Waals surface area contributed by atoms with Crippen molar-refractivity contribution in [3.05, 3.63) is 0 Å². The summed E-state index contributed by atoms with van der Waals surface area (Å²) in [5.74, 6) is 0. The first-order valence-corrected chi connectivity index (χ1v) is 5.75. The van der Waals surface area contributed by atoms with Crippen molar-refractivity contribution in [3.63, 3.8) is 0 Å². The van der Waals surface area contributed by atoms with Crippen LogP contribution in [0, 0.1) is 0 Å². The van der Waals surface area contributed by atoms with E-state index in [9.17, 15) is 0 Å². The van der Waals surface area contributed by atoms with Gasteiger partial charge in [-0.1, -0.05) is 6.92 Å². The van der Waals surface area contributed by atoms with E-state index in [1.165, 1.54) is 0 Å². The molecule has 4 nitrogen and oxygen atoms in total. The lowest BCUT2D eigenvalue weighted by molar-refractivity contribution is 0.115. The Balaban J connectivity index is 3.98. The summed E-state index contributed by atoms with van der Waals surface area (Å²) in [6.07, 6.45) is 1.77. The van der Waals surface area contributed by atoms with Crippen LogP contribution in [0.4, 0.5) is 0 Å². The van der Waals surface area contributed by atoms with Gasteiger partial charge in [-0.15, -0.1) is 0 Å². The van der Waals surface area contributed by atoms with Crippen LogP contribution >= 0.6 is 0 Å². The first kappa shape index (κ1) is 14.8. The zero-order chi connectivity index (χ0) is 11.7. The molecule has 0 aromatic heterocycles. The fraction of sp³-hybridized carbons (Fsp3) is 1.00. The van der Waals surface area contributed by atoms with Gasteiger partial charge in [0.1, 0.15) is 0 Å². The smallest absolute Gasteiger partial charge is 0.0589 e. The van der Waals surface area contributed by atoms with Crippen molar-refractivity contribution in [2.24, 2.45) is 5.73 Å². The highest BCUT2D eigenvalue weighted by Crippen LogP contribution is 2.04. The molecule has 0 saturated heterocycles. The lowest BCUT2D eigenvalue weighted by Crippen LogP contribution is -2.44. The van der Waals surface area contributed by atoms with Gasteiger partial charge < -0.3 is 15.6 Å². The van der Waals surface area contributed by atoms with E-state index in [1.54, 1.807) is 7.11 Å². The molecule has 0 aliphatic carbocycles. The lowest BCUT2D eigenvalue weighted by atomic mass is 10.1. The third-order valence-corrected chi connectivity index (χ3v) is 2.77. The number of aliphatic hydroxyl groups excluding tert-OH is 1. The number of rotatable bonds is 9. The van der Waals surface area contributed by atoms with Gasteiger partial charge in [0.2, 0.25) is 0 Å². The van der Waals surface area contributed by atoms with Gasteiger partial charge in [-0.3, -0.25) is 4.90 Å². The second-order valence-corrected chi connectivity index (χ2v) is 4.02. The number of nitrogens with two attached hydrogens (primary N) is 1. The Hall–Kier alpha value is -0.160. The maximum Gasteiger partial charge on any atom is 0.0589 e. The SMILES string of the molecule is CCC(C)N(CCOC)CC(N)CCO. The maximum absolute atomic E-state index is 8.80. The topological polar surface area (TPSA) is 58.7 Å². The van der Waals surface area contributed by atoms with Crippen molar-refractivity contribution in [2.45, 2.75) is 38.8 Å². The van der Waals surface area contributed by atoms with Gasteiger partial charge in [0.05, 0.1) is 6.61 Å². The van der Waals surface area contributed by atoms with Crippen molar-refractivity contribution >= 4 is 0 Å². The minimum Gasteiger partial charge on any atom is -0.396 e. The van der Waals surface area contributed by atoms with Crippen LogP contribution in [0.15, 0.2) is 0 Å². The third-order valence-electron chi connectivity index (χ3n) is 2.77. The molecule has 0 aliphatic heterocycles. The summed E-state index contributed by atoms with van der Waals surface area (Å²) in [4.78, 5) is 2.32. The largest absolute Gasteiger partial charge is 0.396 e. The molecule has 3 N–H and O–H groups in total. The molecule has 0 spiro atoms. The van der Waals surface area contributed by atoms with Crippen molar-refractivity contribution in [2.75, 3.05) is 33.4 Å². The molecule has 92 valence electrons. The summed E-state index contributed by atoms with van der Waals surface area (Å²) in [5, 5.41) is 8.80. The van der Waals surface area contributed by atoms with Gasteiger partial charge in [-0.05, 0) is 19.8 Å². The predicted molar refractivity (Wildman–Crippen MR) is 62.9 cm³/mol. The standard InChI is InChI=1S/C11H26N2O2/c1-4-10(2)13(6-8-15-3)9-11(12)5-7-14/h10-11,14H,4-9,12H2,1-3H3. The van der Waals surface area contributed by atoms with Crippen LogP contribution in [0.3, 0.4) is 0 Å². The normalized spacial score (nSPS) is 15.6. The quantitative estimate of drug-likeness (QED) is 0.590. The first-order chi connectivity index (χ1) is 7.15. The maximum atomic E-state index is 8.80. The van der Waals surface area contributed by atoms with Crippen LogP contribution in [0.5, 0.6) is 0 Å². The molecular weight excluding hydrogens is 192 g/mol. The number of hydrogen-bond acceptors (Lipinski definition) is 4. The molecule has 0 aliphatic rings. The van der Waals surface area contributed by atoms with E-state index in [0.717, 1.165) is 26.1 Å². The van der Waals surface area contributed by atoms with Gasteiger partial charge >= 0.3 is 0 Å². The average Bonchev–Trinajstić information content (AvgIpc) is 2.23. The van der Waals surface area contributed by atoms with Crippen molar-refractivity contribution in [1.82, 2.24) is 4.90 Å². The summed E-state index contributed by atoms with van der Waals surface area (Å²) < 4.78 is 5.08. The van der Waals surface area contributed by atoms with Gasteiger partial charge in [0, 0.05) is 38.9 Å². The second-order valence-electron chi connectivity index (χ2n) is 4.02. The van der Waals surface area contributed by atoms with E-state index in [2.05, 4.69) is 18.7 Å². The van der Waals surface area contributed by atoms with Crippen molar-refractivity contribution in [3.8, 4) is 0 Å². The second kappa shape index (κ2) is 9.09. The minimum atomic E-state index is 0.0563. The predicted octanol–water partition coefficient (Wildman–Crippen LogP) is 0.443. The molecule has 0 saturated carbocycles. The highest BCUT2D eigenvalue weighted by atomic mass is 16.5. The molecule has 2 atom stereocenters. The van der Waals surface area contributed by atoms with E-state index in [1.807, 2.05) is 0 Å². The lowest BCUT2D eigenvalue weighted by Gasteiger charge is -2.30. The summed E-state index contributed by atoms with van der Waals surface area (Å²) in [6.45, 7) is 7.00. The Morgan fingerprint density at radius 3 is 2.60 bits per heavy atom. The molecular formula is C11H26N2O2. The molecule has 0 amide bonds. The van der Waals surface area contributed by atoms with E-state index in [0.29, 0.717) is 12.5 Å². The number of nitrogens with zero attached hydrogens (tertiary/aromatic N) is 1. The molecule has 4 heteroatoms. The monoisotopic (exact) mass is 218 g/mol. The number of ether oxygens (including phenoxy) is 1. The Labute approximate surface area is 93.4 Å². The van der Waals surface area contributed by atoms with Gasteiger partial charge in [-0.2, -0.15) is 0 Å². The van der Waals surface area contributed by atoms with Gasteiger partial charge in [0.25, 0.3) is 0 Å². The van der Waals surface area contributed by atoms with Crippen LogP contribution in [-0.4, -0.2) is 55.5 Å². The third kappa shape index (κ3) is 6.84. The Bertz CT molecular complexity index is 145. The highest BCUT2D eigenvalue weighted by molar-refractivity contribution is 4.72.